The molecule has 9 heteroatoms. The SMILES string of the molecule is C[C@@H]1CNCCN1CC(=O)Nc1ccc2nc(C(F)(F)F)[nH]c2c1. The predicted octanol–water partition coefficient (Wildman–Crippen LogP) is 1.81. The Labute approximate surface area is 136 Å². The quantitative estimate of drug-likeness (QED) is 0.796. The number of amides is 1. The van der Waals surface area contributed by atoms with E-state index in [2.05, 4.69) is 25.5 Å². The summed E-state index contributed by atoms with van der Waals surface area (Å²) in [6.45, 7) is 4.72. The van der Waals surface area contributed by atoms with Crippen LogP contribution in [-0.2, 0) is 11.0 Å². The Balaban J connectivity index is 1.69. The molecule has 1 atom stereocenters. The third kappa shape index (κ3) is 3.68. The number of H-pyrrole nitrogens is 1. The molecule has 2 aromatic rings. The van der Waals surface area contributed by atoms with Gasteiger partial charge >= 0.3 is 6.18 Å². The fourth-order valence-corrected chi connectivity index (χ4v) is 2.72. The molecule has 24 heavy (non-hydrogen) atoms. The molecular formula is C15H18F3N5O. The van der Waals surface area contributed by atoms with Crippen LogP contribution < -0.4 is 10.6 Å². The average Bonchev–Trinajstić information content (AvgIpc) is 2.93. The standard InChI is InChI=1S/C15H18F3N5O/c1-9-7-19-4-5-23(9)8-13(24)20-10-2-3-11-12(6-10)22-14(21-11)15(16,17)18/h2-3,6,9,19H,4-5,7-8H2,1H3,(H,20,24)(H,21,22)/t9-/m1/s1. The second-order valence-corrected chi connectivity index (χ2v) is 5.89. The van der Waals surface area contributed by atoms with E-state index in [0.29, 0.717) is 5.69 Å². The highest BCUT2D eigenvalue weighted by molar-refractivity contribution is 5.94. The van der Waals surface area contributed by atoms with Gasteiger partial charge in [-0.25, -0.2) is 4.98 Å². The van der Waals surface area contributed by atoms with Crippen LogP contribution >= 0.6 is 0 Å². The molecule has 1 aromatic carbocycles. The molecule has 1 amide bonds. The molecule has 3 N–H and O–H groups in total. The van der Waals surface area contributed by atoms with Crippen molar-refractivity contribution in [2.24, 2.45) is 0 Å². The summed E-state index contributed by atoms with van der Waals surface area (Å²) in [5.41, 5.74) is 0.874. The molecule has 6 nitrogen and oxygen atoms in total. The van der Waals surface area contributed by atoms with Gasteiger partial charge in [0.2, 0.25) is 11.7 Å². The van der Waals surface area contributed by atoms with Crippen LogP contribution in [0.25, 0.3) is 11.0 Å². The van der Waals surface area contributed by atoms with Crippen LogP contribution in [0.15, 0.2) is 18.2 Å². The van der Waals surface area contributed by atoms with E-state index < -0.39 is 12.0 Å². The van der Waals surface area contributed by atoms with Gasteiger partial charge in [0.1, 0.15) is 0 Å². The summed E-state index contributed by atoms with van der Waals surface area (Å²) < 4.78 is 38.0. The third-order valence-corrected chi connectivity index (χ3v) is 4.02. The van der Waals surface area contributed by atoms with Gasteiger partial charge in [-0.3, -0.25) is 9.69 Å². The van der Waals surface area contributed by atoms with Crippen molar-refractivity contribution in [3.8, 4) is 0 Å². The Hall–Kier alpha value is -2.13. The number of nitrogens with zero attached hydrogens (tertiary/aromatic N) is 2. The van der Waals surface area contributed by atoms with Crippen LogP contribution in [0.2, 0.25) is 0 Å². The lowest BCUT2D eigenvalue weighted by atomic mass is 10.2. The van der Waals surface area contributed by atoms with E-state index in [9.17, 15) is 18.0 Å². The van der Waals surface area contributed by atoms with Crippen molar-refractivity contribution >= 4 is 22.6 Å². The maximum absolute atomic E-state index is 12.7. The number of hydrogen-bond acceptors (Lipinski definition) is 4. The zero-order valence-corrected chi connectivity index (χ0v) is 13.1. The molecular weight excluding hydrogens is 323 g/mol. The average molecular weight is 341 g/mol. The molecule has 0 bridgehead atoms. The van der Waals surface area contributed by atoms with Gasteiger partial charge in [-0.05, 0) is 25.1 Å². The molecule has 2 heterocycles. The highest BCUT2D eigenvalue weighted by Crippen LogP contribution is 2.29. The highest BCUT2D eigenvalue weighted by atomic mass is 19.4. The molecule has 0 radical (unpaired) electrons. The topological polar surface area (TPSA) is 73.1 Å². The highest BCUT2D eigenvalue weighted by Gasteiger charge is 2.34. The number of fused-ring (bicyclic) bond motifs is 1. The van der Waals surface area contributed by atoms with Gasteiger partial charge in [0, 0.05) is 31.4 Å². The number of benzene rings is 1. The first kappa shape index (κ1) is 16.7. The van der Waals surface area contributed by atoms with Gasteiger partial charge in [-0.1, -0.05) is 0 Å². The van der Waals surface area contributed by atoms with E-state index in [0.717, 1.165) is 19.6 Å². The van der Waals surface area contributed by atoms with E-state index in [1.165, 1.54) is 12.1 Å². The summed E-state index contributed by atoms with van der Waals surface area (Å²) in [6.07, 6.45) is -4.53. The number of carbonyl (C=O) groups is 1. The first-order valence-corrected chi connectivity index (χ1v) is 7.64. The van der Waals surface area contributed by atoms with Gasteiger partial charge in [-0.15, -0.1) is 0 Å². The van der Waals surface area contributed by atoms with Crippen molar-refractivity contribution < 1.29 is 18.0 Å². The molecule has 0 saturated carbocycles. The number of aromatic nitrogens is 2. The van der Waals surface area contributed by atoms with E-state index in [1.54, 1.807) is 6.07 Å². The number of hydrogen-bond donors (Lipinski definition) is 3. The molecule has 1 aliphatic heterocycles. The summed E-state index contributed by atoms with van der Waals surface area (Å²) in [6, 6.07) is 4.71. The molecule has 1 saturated heterocycles. The number of anilines is 1. The fourth-order valence-electron chi connectivity index (χ4n) is 2.72. The number of alkyl halides is 3. The second kappa shape index (κ2) is 6.40. The van der Waals surface area contributed by atoms with Crippen LogP contribution in [0.5, 0.6) is 0 Å². The number of aromatic amines is 1. The number of rotatable bonds is 3. The van der Waals surface area contributed by atoms with Crippen molar-refractivity contribution in [1.29, 1.82) is 0 Å². The summed E-state index contributed by atoms with van der Waals surface area (Å²) in [5.74, 6) is -1.24. The fraction of sp³-hybridized carbons (Fsp3) is 0.467. The number of halogens is 3. The first-order valence-electron chi connectivity index (χ1n) is 7.64. The molecule has 0 spiro atoms. The van der Waals surface area contributed by atoms with Crippen molar-refractivity contribution in [2.45, 2.75) is 19.1 Å². The van der Waals surface area contributed by atoms with Crippen molar-refractivity contribution in [3.63, 3.8) is 0 Å². The monoisotopic (exact) mass is 341 g/mol. The van der Waals surface area contributed by atoms with Crippen LogP contribution in [0.3, 0.4) is 0 Å². The number of imidazole rings is 1. The maximum atomic E-state index is 12.7. The van der Waals surface area contributed by atoms with E-state index in [4.69, 9.17) is 0 Å². The van der Waals surface area contributed by atoms with Gasteiger partial charge in [-0.2, -0.15) is 13.2 Å². The van der Waals surface area contributed by atoms with E-state index >= 15 is 0 Å². The molecule has 130 valence electrons. The molecule has 0 unspecified atom stereocenters. The zero-order chi connectivity index (χ0) is 17.3. The lowest BCUT2D eigenvalue weighted by Crippen LogP contribution is -2.51. The number of nitrogens with one attached hydrogen (secondary N) is 3. The Kier molecular flexibility index (Phi) is 4.46. The third-order valence-electron chi connectivity index (χ3n) is 4.02. The minimum Gasteiger partial charge on any atom is -0.334 e. The van der Waals surface area contributed by atoms with Crippen LogP contribution in [0, 0.1) is 0 Å². The van der Waals surface area contributed by atoms with Crippen LogP contribution in [-0.4, -0.2) is 53.0 Å². The van der Waals surface area contributed by atoms with E-state index in [-0.39, 0.29) is 29.5 Å². The van der Waals surface area contributed by atoms with Gasteiger partial charge in [0.05, 0.1) is 17.6 Å². The largest absolute Gasteiger partial charge is 0.449 e. The smallest absolute Gasteiger partial charge is 0.334 e. The second-order valence-electron chi connectivity index (χ2n) is 5.89. The molecule has 3 rings (SSSR count). The Bertz CT molecular complexity index is 742. The summed E-state index contributed by atoms with van der Waals surface area (Å²) >= 11 is 0. The molecule has 1 aliphatic rings. The van der Waals surface area contributed by atoms with Gasteiger partial charge in [0.15, 0.2) is 0 Å². The summed E-state index contributed by atoms with van der Waals surface area (Å²) in [7, 11) is 0. The zero-order valence-electron chi connectivity index (χ0n) is 13.1. The molecule has 1 aromatic heterocycles. The number of piperazine rings is 1. The lowest BCUT2D eigenvalue weighted by Gasteiger charge is -2.33. The minimum absolute atomic E-state index is 0.196. The van der Waals surface area contributed by atoms with Crippen molar-refractivity contribution in [1.82, 2.24) is 20.2 Å². The Morgan fingerprint density at radius 1 is 1.46 bits per heavy atom. The first-order chi connectivity index (χ1) is 11.3. The van der Waals surface area contributed by atoms with Gasteiger partial charge < -0.3 is 15.6 Å². The van der Waals surface area contributed by atoms with Crippen molar-refractivity contribution in [2.75, 3.05) is 31.5 Å². The summed E-state index contributed by atoms with van der Waals surface area (Å²) in [4.78, 5) is 19.9. The normalized spacial score (nSPS) is 19.6. The van der Waals surface area contributed by atoms with Crippen LogP contribution in [0.1, 0.15) is 12.7 Å². The van der Waals surface area contributed by atoms with Gasteiger partial charge in [0.25, 0.3) is 0 Å². The molecule has 1 fully saturated rings. The van der Waals surface area contributed by atoms with Crippen LogP contribution in [0.4, 0.5) is 18.9 Å². The van der Waals surface area contributed by atoms with Crippen molar-refractivity contribution in [3.05, 3.63) is 24.0 Å². The molecule has 0 aliphatic carbocycles. The Morgan fingerprint density at radius 2 is 2.25 bits per heavy atom. The maximum Gasteiger partial charge on any atom is 0.449 e. The Morgan fingerprint density at radius 3 is 2.96 bits per heavy atom. The lowest BCUT2D eigenvalue weighted by molar-refractivity contribution is -0.144. The van der Waals surface area contributed by atoms with E-state index in [1.807, 2.05) is 6.92 Å². The number of carbonyl (C=O) groups excluding carboxylic acids is 1. The minimum atomic E-state index is -4.53. The summed E-state index contributed by atoms with van der Waals surface area (Å²) in [5, 5.41) is 5.97. The predicted molar refractivity (Wildman–Crippen MR) is 83.6 cm³/mol.